The van der Waals surface area contributed by atoms with Gasteiger partial charge in [-0.15, -0.1) is 0 Å². The van der Waals surface area contributed by atoms with Crippen LogP contribution in [0.3, 0.4) is 0 Å². The molecule has 0 bridgehead atoms. The van der Waals surface area contributed by atoms with Crippen LogP contribution < -0.4 is 10.1 Å². The quantitative estimate of drug-likeness (QED) is 0.607. The Kier molecular flexibility index (Phi) is 4.00. The summed E-state index contributed by atoms with van der Waals surface area (Å²) >= 11 is 0. The normalized spacial score (nSPS) is 10.8. The van der Waals surface area contributed by atoms with Crippen molar-refractivity contribution in [3.8, 4) is 16.9 Å². The molecule has 4 aromatic rings. The average Bonchev–Trinajstić information content (AvgIpc) is 3.10. The number of aromatic nitrogens is 4. The first-order chi connectivity index (χ1) is 12.3. The minimum absolute atomic E-state index is 0.670. The van der Waals surface area contributed by atoms with Gasteiger partial charge in [0, 0.05) is 30.7 Å². The van der Waals surface area contributed by atoms with Crippen LogP contribution in [0.5, 0.6) is 5.75 Å². The molecule has 0 spiro atoms. The van der Waals surface area contributed by atoms with Gasteiger partial charge in [-0.25, -0.2) is 9.50 Å². The summed E-state index contributed by atoms with van der Waals surface area (Å²) in [5.41, 5.74) is 3.94. The van der Waals surface area contributed by atoms with Gasteiger partial charge in [-0.3, -0.25) is 4.98 Å². The molecule has 3 aromatic heterocycles. The summed E-state index contributed by atoms with van der Waals surface area (Å²) in [6.45, 7) is 0.670. The van der Waals surface area contributed by atoms with Gasteiger partial charge in [0.15, 0.2) is 5.65 Å². The van der Waals surface area contributed by atoms with Crippen LogP contribution in [-0.4, -0.2) is 26.7 Å². The molecule has 6 heteroatoms. The van der Waals surface area contributed by atoms with Crippen LogP contribution in [-0.2, 0) is 6.54 Å². The Hall–Kier alpha value is -3.41. The molecular formula is C19H17N5O. The molecule has 0 saturated heterocycles. The van der Waals surface area contributed by atoms with Gasteiger partial charge in [0.2, 0.25) is 0 Å². The predicted octanol–water partition coefficient (Wildman–Crippen LogP) is 3.41. The van der Waals surface area contributed by atoms with E-state index in [2.05, 4.69) is 15.4 Å². The molecule has 0 saturated carbocycles. The Labute approximate surface area is 145 Å². The lowest BCUT2D eigenvalue weighted by Crippen LogP contribution is -2.03. The van der Waals surface area contributed by atoms with Crippen molar-refractivity contribution >= 4 is 11.5 Å². The minimum atomic E-state index is 0.670. The van der Waals surface area contributed by atoms with E-state index in [-0.39, 0.29) is 0 Å². The fraction of sp³-hybridized carbons (Fsp3) is 0.105. The third-order valence-electron chi connectivity index (χ3n) is 3.97. The zero-order valence-electron chi connectivity index (χ0n) is 13.8. The van der Waals surface area contributed by atoms with Crippen molar-refractivity contribution in [3.63, 3.8) is 0 Å². The van der Waals surface area contributed by atoms with E-state index in [1.807, 2.05) is 61.1 Å². The lowest BCUT2D eigenvalue weighted by Gasteiger charge is -2.06. The molecule has 0 atom stereocenters. The van der Waals surface area contributed by atoms with E-state index in [1.165, 1.54) is 0 Å². The topological polar surface area (TPSA) is 64.3 Å². The molecule has 0 radical (unpaired) electrons. The highest BCUT2D eigenvalue weighted by Gasteiger charge is 2.09. The van der Waals surface area contributed by atoms with Crippen molar-refractivity contribution in [2.75, 3.05) is 12.4 Å². The Morgan fingerprint density at radius 1 is 1.08 bits per heavy atom. The molecule has 0 aliphatic rings. The van der Waals surface area contributed by atoms with E-state index >= 15 is 0 Å². The maximum atomic E-state index is 5.22. The van der Waals surface area contributed by atoms with E-state index in [9.17, 15) is 0 Å². The molecule has 0 fully saturated rings. The monoisotopic (exact) mass is 331 g/mol. The highest BCUT2D eigenvalue weighted by molar-refractivity contribution is 5.77. The van der Waals surface area contributed by atoms with Crippen molar-refractivity contribution in [2.45, 2.75) is 6.54 Å². The number of hydrogen-bond donors (Lipinski definition) is 1. The van der Waals surface area contributed by atoms with Crippen LogP contribution >= 0.6 is 0 Å². The molecule has 3 heterocycles. The SMILES string of the molecule is COc1ccc(-c2cnn3ccc(NCc4cccnc4)nc23)cc1. The molecule has 0 aliphatic heterocycles. The summed E-state index contributed by atoms with van der Waals surface area (Å²) in [7, 11) is 1.66. The first-order valence-electron chi connectivity index (χ1n) is 7.95. The van der Waals surface area contributed by atoms with Crippen LogP contribution in [0.25, 0.3) is 16.8 Å². The first-order valence-corrected chi connectivity index (χ1v) is 7.95. The second-order valence-corrected chi connectivity index (χ2v) is 5.58. The van der Waals surface area contributed by atoms with Gasteiger partial charge in [0.25, 0.3) is 0 Å². The average molecular weight is 331 g/mol. The Morgan fingerprint density at radius 3 is 2.72 bits per heavy atom. The fourth-order valence-electron chi connectivity index (χ4n) is 2.64. The maximum Gasteiger partial charge on any atom is 0.165 e. The van der Waals surface area contributed by atoms with Crippen molar-refractivity contribution in [3.05, 3.63) is 72.8 Å². The Bertz CT molecular complexity index is 980. The number of ether oxygens (including phenoxy) is 1. The third-order valence-corrected chi connectivity index (χ3v) is 3.97. The second-order valence-electron chi connectivity index (χ2n) is 5.58. The van der Waals surface area contributed by atoms with Crippen molar-refractivity contribution in [1.82, 2.24) is 19.6 Å². The van der Waals surface area contributed by atoms with Gasteiger partial charge < -0.3 is 10.1 Å². The molecule has 1 N–H and O–H groups in total. The van der Waals surface area contributed by atoms with E-state index < -0.39 is 0 Å². The van der Waals surface area contributed by atoms with Crippen LogP contribution in [0, 0.1) is 0 Å². The summed E-state index contributed by atoms with van der Waals surface area (Å²) in [4.78, 5) is 8.83. The molecule has 124 valence electrons. The van der Waals surface area contributed by atoms with Crippen LogP contribution in [0.15, 0.2) is 67.3 Å². The number of methoxy groups -OCH3 is 1. The molecule has 4 rings (SSSR count). The predicted molar refractivity (Wildman–Crippen MR) is 96.5 cm³/mol. The molecular weight excluding hydrogens is 314 g/mol. The first kappa shape index (κ1) is 15.1. The van der Waals surface area contributed by atoms with E-state index in [0.29, 0.717) is 6.54 Å². The van der Waals surface area contributed by atoms with E-state index in [4.69, 9.17) is 9.72 Å². The van der Waals surface area contributed by atoms with Crippen molar-refractivity contribution in [2.24, 2.45) is 0 Å². The number of pyridine rings is 1. The van der Waals surface area contributed by atoms with Gasteiger partial charge in [-0.05, 0) is 35.4 Å². The number of anilines is 1. The third kappa shape index (κ3) is 3.14. The summed E-state index contributed by atoms with van der Waals surface area (Å²) in [5, 5.41) is 7.71. The van der Waals surface area contributed by atoms with Gasteiger partial charge in [-0.2, -0.15) is 5.10 Å². The summed E-state index contributed by atoms with van der Waals surface area (Å²) in [6.07, 6.45) is 7.34. The lowest BCUT2D eigenvalue weighted by molar-refractivity contribution is 0.415. The van der Waals surface area contributed by atoms with Gasteiger partial charge in [0.05, 0.1) is 13.3 Å². The van der Waals surface area contributed by atoms with Gasteiger partial charge >= 0.3 is 0 Å². The molecule has 0 aliphatic carbocycles. The molecule has 6 nitrogen and oxygen atoms in total. The molecule has 0 unspecified atom stereocenters. The van der Waals surface area contributed by atoms with Crippen molar-refractivity contribution in [1.29, 1.82) is 0 Å². The molecule has 0 amide bonds. The number of benzene rings is 1. The van der Waals surface area contributed by atoms with Gasteiger partial charge in [-0.1, -0.05) is 18.2 Å². The summed E-state index contributed by atoms with van der Waals surface area (Å²) < 4.78 is 6.99. The zero-order valence-corrected chi connectivity index (χ0v) is 13.8. The number of nitrogens with zero attached hydrogens (tertiary/aromatic N) is 4. The molecule has 1 aromatic carbocycles. The second kappa shape index (κ2) is 6.60. The van der Waals surface area contributed by atoms with E-state index in [0.717, 1.165) is 33.9 Å². The van der Waals surface area contributed by atoms with Crippen LogP contribution in [0.2, 0.25) is 0 Å². The fourth-order valence-corrected chi connectivity index (χ4v) is 2.64. The summed E-state index contributed by atoms with van der Waals surface area (Å²) in [5.74, 6) is 1.62. The number of rotatable bonds is 5. The minimum Gasteiger partial charge on any atom is -0.497 e. The Balaban J connectivity index is 1.62. The summed E-state index contributed by atoms with van der Waals surface area (Å²) in [6, 6.07) is 13.7. The lowest BCUT2D eigenvalue weighted by atomic mass is 10.1. The van der Waals surface area contributed by atoms with Crippen molar-refractivity contribution < 1.29 is 4.74 Å². The van der Waals surface area contributed by atoms with E-state index in [1.54, 1.807) is 17.8 Å². The van der Waals surface area contributed by atoms with Crippen LogP contribution in [0.4, 0.5) is 5.82 Å². The maximum absolute atomic E-state index is 5.22. The van der Waals surface area contributed by atoms with Crippen LogP contribution in [0.1, 0.15) is 5.56 Å². The highest BCUT2D eigenvalue weighted by atomic mass is 16.5. The smallest absolute Gasteiger partial charge is 0.165 e. The number of fused-ring (bicyclic) bond motifs is 1. The molecule has 25 heavy (non-hydrogen) atoms. The van der Waals surface area contributed by atoms with Gasteiger partial charge in [0.1, 0.15) is 11.6 Å². The standard InChI is InChI=1S/C19H17N5O/c1-25-16-6-4-15(5-7-16)17-13-22-24-10-8-18(23-19(17)24)21-12-14-3-2-9-20-11-14/h2-11,13H,12H2,1H3,(H,21,23). The Morgan fingerprint density at radius 2 is 1.96 bits per heavy atom. The number of hydrogen-bond acceptors (Lipinski definition) is 5. The number of nitrogens with one attached hydrogen (secondary N) is 1. The zero-order chi connectivity index (χ0) is 17.1. The highest BCUT2D eigenvalue weighted by Crippen LogP contribution is 2.26. The largest absolute Gasteiger partial charge is 0.497 e.